The van der Waals surface area contributed by atoms with Gasteiger partial charge in [0.1, 0.15) is 48.2 Å². The number of anilines is 3. The summed E-state index contributed by atoms with van der Waals surface area (Å²) in [6.07, 6.45) is -25.9. The molecule has 0 aromatic carbocycles. The van der Waals surface area contributed by atoms with Crippen LogP contribution in [0.1, 0.15) is 154 Å². The highest BCUT2D eigenvalue weighted by Crippen LogP contribution is 2.38. The summed E-state index contributed by atoms with van der Waals surface area (Å²) in [5.41, 5.74) is 20.3. The van der Waals surface area contributed by atoms with Gasteiger partial charge < -0.3 is 55.3 Å². The van der Waals surface area contributed by atoms with Gasteiger partial charge in [0.05, 0.1) is 42.2 Å². The summed E-state index contributed by atoms with van der Waals surface area (Å²) >= 11 is 0. The summed E-state index contributed by atoms with van der Waals surface area (Å²) < 4.78 is 231. The van der Waals surface area contributed by atoms with Gasteiger partial charge in [-0.15, -0.1) is 0 Å². The third kappa shape index (κ3) is 17.3. The average Bonchev–Trinajstić information content (AvgIpc) is 1.54. The summed E-state index contributed by atoms with van der Waals surface area (Å²) in [6, 6.07) is -1.31. The molecule has 9 rings (SSSR count). The second-order valence-corrected chi connectivity index (χ2v) is 16.8. The van der Waals surface area contributed by atoms with Gasteiger partial charge in [-0.2, -0.15) is 15.3 Å². The molecule has 0 saturated heterocycles. The van der Waals surface area contributed by atoms with E-state index in [1.807, 2.05) is 0 Å². The minimum Gasteiger partial charge on any atom is -0.383 e. The Labute approximate surface area is 529 Å². The number of nitrogen functional groups attached to an aromatic ring is 3. The highest BCUT2D eigenvalue weighted by molar-refractivity contribution is 5.69. The average molecular weight is 1180 g/mol. The van der Waals surface area contributed by atoms with Crippen LogP contribution in [-0.2, 0) is 47.7 Å². The van der Waals surface area contributed by atoms with Gasteiger partial charge in [0, 0.05) is 152 Å². The van der Waals surface area contributed by atoms with E-state index in [4.69, 9.17) is 98.2 Å². The molecule has 6 aromatic rings. The van der Waals surface area contributed by atoms with Gasteiger partial charge in [0.25, 0.3) is 6.54 Å². The lowest BCUT2D eigenvalue weighted by molar-refractivity contribution is -0.100. The molecule has 3 aliphatic rings. The molecule has 0 aliphatic heterocycles. The van der Waals surface area contributed by atoms with Crippen LogP contribution in [0, 0.1) is 31.6 Å². The molecule has 6 aromatic heterocycles. The molecular formula is C60H86N18O6. The second-order valence-electron chi connectivity index (χ2n) is 16.8. The van der Waals surface area contributed by atoms with Crippen molar-refractivity contribution in [1.82, 2.24) is 59.2 Å². The fourth-order valence-corrected chi connectivity index (χ4v) is 8.07. The summed E-state index contributed by atoms with van der Waals surface area (Å²) in [4.78, 5) is 34.4. The number of aromatic nitrogens is 12. The van der Waals surface area contributed by atoms with E-state index in [1.54, 1.807) is 0 Å². The minimum atomic E-state index is -3.22. The van der Waals surface area contributed by atoms with E-state index in [0.29, 0.717) is 50.5 Å². The van der Waals surface area contributed by atoms with Crippen molar-refractivity contribution in [3.8, 4) is 33.8 Å². The molecular weight excluding hydrogens is 1070 g/mol. The van der Waals surface area contributed by atoms with Crippen LogP contribution in [0.3, 0.4) is 0 Å². The van der Waals surface area contributed by atoms with E-state index < -0.39 is 132 Å². The van der Waals surface area contributed by atoms with Crippen molar-refractivity contribution < 1.29 is 61.3 Å². The molecule has 0 unspecified atom stereocenters. The Morgan fingerprint density at radius 1 is 0.583 bits per heavy atom. The van der Waals surface area contributed by atoms with E-state index in [9.17, 15) is 0 Å². The second kappa shape index (κ2) is 34.6. The van der Waals surface area contributed by atoms with Gasteiger partial charge in [-0.25, -0.2) is 52.6 Å². The van der Waals surface area contributed by atoms with Crippen molar-refractivity contribution in [2.45, 2.75) is 143 Å². The van der Waals surface area contributed by atoms with Crippen molar-refractivity contribution >= 4 is 28.8 Å². The first-order valence-corrected chi connectivity index (χ1v) is 24.1. The lowest BCUT2D eigenvalue weighted by Crippen LogP contribution is -2.20. The number of hydrogen-bond acceptors (Lipinski definition) is 18. The molecule has 3 fully saturated rings. The molecule has 6 N–H and O–H groups in total. The van der Waals surface area contributed by atoms with Gasteiger partial charge in [0.2, 0.25) is 6.54 Å². The zero-order chi connectivity index (χ0) is 79.2. The van der Waals surface area contributed by atoms with Gasteiger partial charge in [-0.3, -0.25) is 9.36 Å². The fraction of sp³-hybridized carbons (Fsp3) is 0.533. The molecule has 0 radical (unpaired) electrons. The largest absolute Gasteiger partial charge is 0.383 e. The van der Waals surface area contributed by atoms with Gasteiger partial charge >= 0.3 is 0 Å². The molecule has 24 nitrogen and oxygen atoms in total. The normalized spacial score (nSPS) is 26.0. The first kappa shape index (κ1) is 40.3. The van der Waals surface area contributed by atoms with Crippen molar-refractivity contribution in [2.24, 2.45) is 11.8 Å². The topological polar surface area (TPSA) is 277 Å². The number of nitrogens with zero attached hydrogens (tertiary/aromatic N) is 15. The number of methoxy groups -OCH3 is 6. The van der Waals surface area contributed by atoms with Crippen LogP contribution >= 0.6 is 0 Å². The van der Waals surface area contributed by atoms with Crippen molar-refractivity contribution in [1.29, 1.82) is 0 Å². The van der Waals surface area contributed by atoms with Crippen LogP contribution in [0.2, 0.25) is 0 Å². The van der Waals surface area contributed by atoms with E-state index >= 15 is 0 Å². The van der Waals surface area contributed by atoms with Crippen LogP contribution in [0.15, 0.2) is 67.9 Å². The monoisotopic (exact) mass is 1180 g/mol. The third-order valence-corrected chi connectivity index (χ3v) is 12.2. The van der Waals surface area contributed by atoms with Crippen molar-refractivity contribution in [3.63, 3.8) is 0 Å². The maximum Gasteiger partial charge on any atom is 0.256 e. The molecule has 0 spiro atoms. The smallest absolute Gasteiger partial charge is 0.256 e. The molecule has 3 saturated carbocycles. The number of ether oxygens (including phenoxy) is 6. The summed E-state index contributed by atoms with van der Waals surface area (Å²) in [6.45, 7) is 20.9. The number of hydrogen-bond donors (Lipinski definition) is 3. The maximum atomic E-state index is 8.37. The Kier molecular flexibility index (Phi) is 16.6. The van der Waals surface area contributed by atoms with Gasteiger partial charge in [-0.05, 0) is 68.4 Å². The minimum absolute atomic E-state index is 0. The Morgan fingerprint density at radius 2 is 1.00 bits per heavy atom. The quantitative estimate of drug-likeness (QED) is 0.0421. The Hall–Kier alpha value is -8.02. The lowest BCUT2D eigenvalue weighted by Gasteiger charge is -2.19. The molecule has 24 heteroatoms. The lowest BCUT2D eigenvalue weighted by atomic mass is 9.98. The van der Waals surface area contributed by atoms with Crippen LogP contribution in [0.5, 0.6) is 0 Å². The number of rotatable bonds is 22. The molecule has 1 atom stereocenters. The fourth-order valence-electron chi connectivity index (χ4n) is 8.07. The molecule has 0 bridgehead atoms. The Balaban J connectivity index is 0.000000338. The third-order valence-electron chi connectivity index (χ3n) is 12.2. The van der Waals surface area contributed by atoms with Gasteiger partial charge in [0.15, 0.2) is 25.1 Å². The standard InChI is InChI=1S/C19H26N6O2.2C19H24N6O2.3CH4/c3*1-21-10-16(13-6-4-5-7-13)25-11-14(9-24-25)18-15(8-17(26-2)27-3)19(20)23-12-22-18;;;/h9,11-13,16-17H,4-8,10H2,2-3H3,(H2,20,22,23);9,11-12,17H,4-8,10H2,2-3H3,(H2,20,22,23);9-13,17H,4-8H2,2-3H3,(H2,20,22,23);3*1H4/b;;16-10-;;;/t16-;;;;;/m1...../s1/i3*4D2,5D2,6D2,7D2;;;. The van der Waals surface area contributed by atoms with Gasteiger partial charge in [-0.1, -0.05) is 47.8 Å². The van der Waals surface area contributed by atoms with Crippen LogP contribution < -0.4 is 17.2 Å². The van der Waals surface area contributed by atoms with Crippen LogP contribution in [-0.4, -0.2) is 134 Å². The molecule has 6 heterocycles. The van der Waals surface area contributed by atoms with Crippen molar-refractivity contribution in [3.05, 3.63) is 119 Å². The molecule has 452 valence electrons. The highest BCUT2D eigenvalue weighted by Gasteiger charge is 2.30. The number of nitrogens with two attached hydrogens (primary N) is 3. The molecule has 84 heavy (non-hydrogen) atoms. The van der Waals surface area contributed by atoms with E-state index in [0.717, 1.165) is 20.2 Å². The summed E-state index contributed by atoms with van der Waals surface area (Å²) in [5.74, 6) is -3.37. The summed E-state index contributed by atoms with van der Waals surface area (Å²) in [7, 11) is 8.73. The highest BCUT2D eigenvalue weighted by atomic mass is 16.7. The first-order valence-electron chi connectivity index (χ1n) is 36.1. The molecule has 0 amide bonds. The number of allylic oxidation sites excluding steroid dienone is 2. The SMILES string of the molecule is C.C.C.[2H]C1([2H])C(/C(=C/[N+]#[C-])n2cc(-c3ncnc(N)c3CC(OC)OC)cn2)C([2H])([2H])C([2H])([2H])C1([2H])[2H].[2H]C1([2H])C(=C(C[N+]#[C-])n2cc(-c3ncnc(N)c3CC(OC)OC)cn2)C([2H])([2H])C([2H])([2H])C1([2H])[2H].[2H]C1([2H])C([C@@H](C[N+]#[C-])n2cc(-c3ncnc(N)c3CC(OC)OC)cn2)C([2H])([2H])C([2H])([2H])C1([2H])[2H]. The predicted octanol–water partition coefficient (Wildman–Crippen LogP) is 10.4. The van der Waals surface area contributed by atoms with E-state index in [-0.39, 0.29) is 70.4 Å². The predicted molar refractivity (Wildman–Crippen MR) is 326 cm³/mol. The van der Waals surface area contributed by atoms with Crippen LogP contribution in [0.4, 0.5) is 17.5 Å². The van der Waals surface area contributed by atoms with Crippen molar-refractivity contribution in [2.75, 3.05) is 72.9 Å². The zero-order valence-electron chi connectivity index (χ0n) is 68.7. The molecule has 3 aliphatic carbocycles. The Bertz CT molecular complexity index is 4250. The maximum absolute atomic E-state index is 8.37. The van der Waals surface area contributed by atoms with E-state index in [1.165, 1.54) is 98.8 Å². The first-order chi connectivity index (χ1) is 48.6. The zero-order valence-corrected chi connectivity index (χ0v) is 44.7. The van der Waals surface area contributed by atoms with E-state index in [2.05, 4.69) is 59.7 Å². The summed E-state index contributed by atoms with van der Waals surface area (Å²) in [5, 5.41) is 12.5. The van der Waals surface area contributed by atoms with Crippen LogP contribution in [0.25, 0.3) is 59.7 Å². The Morgan fingerprint density at radius 3 is 1.43 bits per heavy atom.